The molecule has 2 rings (SSSR count). The largest absolute Gasteiger partial charge is 0.329 e. The second kappa shape index (κ2) is 3.80. The molecule has 1 aliphatic heterocycles. The molecule has 1 atom stereocenters. The molecule has 82 valence electrons. The van der Waals surface area contributed by atoms with Gasteiger partial charge in [0.15, 0.2) is 0 Å². The van der Waals surface area contributed by atoms with Crippen molar-refractivity contribution in [2.24, 2.45) is 5.73 Å². The summed E-state index contributed by atoms with van der Waals surface area (Å²) in [6.07, 6.45) is 5.40. The van der Waals surface area contributed by atoms with Crippen molar-refractivity contribution in [1.82, 2.24) is 9.80 Å². The van der Waals surface area contributed by atoms with E-state index in [0.29, 0.717) is 0 Å². The predicted octanol–water partition coefficient (Wildman–Crippen LogP) is 0.504. The highest BCUT2D eigenvalue weighted by molar-refractivity contribution is 4.99. The average molecular weight is 197 g/mol. The van der Waals surface area contributed by atoms with Crippen molar-refractivity contribution in [1.29, 1.82) is 0 Å². The minimum atomic E-state index is 0.251. The van der Waals surface area contributed by atoms with Crippen molar-refractivity contribution in [3.63, 3.8) is 0 Å². The van der Waals surface area contributed by atoms with E-state index in [1.807, 2.05) is 0 Å². The number of hydrogen-bond acceptors (Lipinski definition) is 3. The van der Waals surface area contributed by atoms with Gasteiger partial charge >= 0.3 is 0 Å². The maximum Gasteiger partial charge on any atom is 0.0453 e. The van der Waals surface area contributed by atoms with Crippen LogP contribution >= 0.6 is 0 Å². The quantitative estimate of drug-likeness (QED) is 0.715. The summed E-state index contributed by atoms with van der Waals surface area (Å²) in [5, 5.41) is 0. The lowest BCUT2D eigenvalue weighted by molar-refractivity contribution is 0.0464. The first-order valence-electron chi connectivity index (χ1n) is 5.79. The predicted molar refractivity (Wildman–Crippen MR) is 59.3 cm³/mol. The van der Waals surface area contributed by atoms with Crippen molar-refractivity contribution < 1.29 is 0 Å². The summed E-state index contributed by atoms with van der Waals surface area (Å²) in [5.41, 5.74) is 6.20. The van der Waals surface area contributed by atoms with E-state index in [-0.39, 0.29) is 5.54 Å². The number of nitrogens with zero attached hydrogens (tertiary/aromatic N) is 2. The SMILES string of the molecule is CN(C)C1(CN)CCCN(C2CC2)C1. The lowest BCUT2D eigenvalue weighted by Crippen LogP contribution is -2.60. The summed E-state index contributed by atoms with van der Waals surface area (Å²) in [4.78, 5) is 4.98. The lowest BCUT2D eigenvalue weighted by Gasteiger charge is -2.46. The Labute approximate surface area is 87.2 Å². The molecule has 3 nitrogen and oxygen atoms in total. The van der Waals surface area contributed by atoms with E-state index in [2.05, 4.69) is 23.9 Å². The fraction of sp³-hybridized carbons (Fsp3) is 1.00. The minimum absolute atomic E-state index is 0.251. The van der Waals surface area contributed by atoms with Gasteiger partial charge in [-0.15, -0.1) is 0 Å². The molecule has 0 bridgehead atoms. The standard InChI is InChI=1S/C11H23N3/c1-13(2)11(8-12)6-3-7-14(9-11)10-4-5-10/h10H,3-9,12H2,1-2H3. The number of hydrogen-bond donors (Lipinski definition) is 1. The fourth-order valence-electron chi connectivity index (χ4n) is 2.61. The second-order valence-electron chi connectivity index (χ2n) is 5.13. The van der Waals surface area contributed by atoms with Gasteiger partial charge in [0.05, 0.1) is 0 Å². The van der Waals surface area contributed by atoms with E-state index >= 15 is 0 Å². The van der Waals surface area contributed by atoms with Crippen molar-refractivity contribution in [3.05, 3.63) is 0 Å². The summed E-state index contributed by atoms with van der Waals surface area (Å²) < 4.78 is 0. The van der Waals surface area contributed by atoms with Gasteiger partial charge in [-0.05, 0) is 46.3 Å². The van der Waals surface area contributed by atoms with Crippen LogP contribution in [0.1, 0.15) is 25.7 Å². The van der Waals surface area contributed by atoms with E-state index in [1.54, 1.807) is 0 Å². The molecule has 1 saturated carbocycles. The third kappa shape index (κ3) is 1.81. The smallest absolute Gasteiger partial charge is 0.0453 e. The van der Waals surface area contributed by atoms with Crippen molar-refractivity contribution >= 4 is 0 Å². The molecule has 0 aromatic carbocycles. The van der Waals surface area contributed by atoms with Crippen molar-refractivity contribution in [2.45, 2.75) is 37.3 Å². The molecule has 0 radical (unpaired) electrons. The van der Waals surface area contributed by atoms with Crippen molar-refractivity contribution in [2.75, 3.05) is 33.7 Å². The van der Waals surface area contributed by atoms with Crippen LogP contribution in [0.15, 0.2) is 0 Å². The van der Waals surface area contributed by atoms with E-state index in [9.17, 15) is 0 Å². The summed E-state index contributed by atoms with van der Waals surface area (Å²) in [6, 6.07) is 0.890. The maximum absolute atomic E-state index is 5.95. The molecule has 1 unspecified atom stereocenters. The normalized spacial score (nSPS) is 35.1. The van der Waals surface area contributed by atoms with Gasteiger partial charge in [-0.3, -0.25) is 4.90 Å². The van der Waals surface area contributed by atoms with E-state index < -0.39 is 0 Å². The average Bonchev–Trinajstić information content (AvgIpc) is 3.01. The Morgan fingerprint density at radius 3 is 2.64 bits per heavy atom. The summed E-state index contributed by atoms with van der Waals surface area (Å²) in [6.45, 7) is 3.27. The highest BCUT2D eigenvalue weighted by Crippen LogP contribution is 2.33. The van der Waals surface area contributed by atoms with Crippen molar-refractivity contribution in [3.8, 4) is 0 Å². The summed E-state index contributed by atoms with van der Waals surface area (Å²) in [5.74, 6) is 0. The van der Waals surface area contributed by atoms with Gasteiger partial charge in [-0.2, -0.15) is 0 Å². The van der Waals surface area contributed by atoms with E-state index in [0.717, 1.165) is 12.6 Å². The van der Waals surface area contributed by atoms with Crippen LogP contribution in [0.3, 0.4) is 0 Å². The molecule has 0 aromatic heterocycles. The Morgan fingerprint density at radius 1 is 1.43 bits per heavy atom. The zero-order valence-corrected chi connectivity index (χ0v) is 9.50. The van der Waals surface area contributed by atoms with Gasteiger partial charge in [-0.25, -0.2) is 0 Å². The first kappa shape index (κ1) is 10.4. The third-order valence-electron chi connectivity index (χ3n) is 3.98. The molecule has 0 amide bonds. The molecular formula is C11H23N3. The molecule has 14 heavy (non-hydrogen) atoms. The number of nitrogens with two attached hydrogens (primary N) is 1. The van der Waals surface area contributed by atoms with Crippen LogP contribution in [-0.4, -0.2) is 55.1 Å². The van der Waals surface area contributed by atoms with Gasteiger partial charge in [-0.1, -0.05) is 0 Å². The Bertz CT molecular complexity index is 201. The number of rotatable bonds is 3. The zero-order chi connectivity index (χ0) is 10.2. The van der Waals surface area contributed by atoms with Crippen LogP contribution in [0, 0.1) is 0 Å². The maximum atomic E-state index is 5.95. The van der Waals surface area contributed by atoms with E-state index in [1.165, 1.54) is 38.8 Å². The fourth-order valence-corrected chi connectivity index (χ4v) is 2.61. The third-order valence-corrected chi connectivity index (χ3v) is 3.98. The number of likely N-dealkylation sites (N-methyl/N-ethyl adjacent to an activating group) is 1. The van der Waals surface area contributed by atoms with Gasteiger partial charge in [0.25, 0.3) is 0 Å². The molecule has 1 aliphatic carbocycles. The number of likely N-dealkylation sites (tertiary alicyclic amines) is 1. The Morgan fingerprint density at radius 2 is 2.14 bits per heavy atom. The summed E-state index contributed by atoms with van der Waals surface area (Å²) >= 11 is 0. The molecule has 2 fully saturated rings. The monoisotopic (exact) mass is 197 g/mol. The Balaban J connectivity index is 2.02. The van der Waals surface area contributed by atoms with Crippen LogP contribution in [0.2, 0.25) is 0 Å². The minimum Gasteiger partial charge on any atom is -0.329 e. The number of piperidine rings is 1. The molecule has 0 aromatic rings. The second-order valence-corrected chi connectivity index (χ2v) is 5.13. The first-order chi connectivity index (χ1) is 6.68. The molecule has 2 aliphatic rings. The van der Waals surface area contributed by atoms with Crippen LogP contribution in [0.5, 0.6) is 0 Å². The highest BCUT2D eigenvalue weighted by Gasteiger charge is 2.40. The van der Waals surface area contributed by atoms with Crippen LogP contribution in [0.4, 0.5) is 0 Å². The first-order valence-corrected chi connectivity index (χ1v) is 5.79. The van der Waals surface area contributed by atoms with Crippen LogP contribution < -0.4 is 5.73 Å². The molecule has 1 saturated heterocycles. The lowest BCUT2D eigenvalue weighted by atomic mass is 9.87. The van der Waals surface area contributed by atoms with Gasteiger partial charge in [0.2, 0.25) is 0 Å². The zero-order valence-electron chi connectivity index (χ0n) is 9.50. The molecule has 3 heteroatoms. The van der Waals surface area contributed by atoms with Gasteiger partial charge in [0, 0.05) is 24.7 Å². The molecule has 2 N–H and O–H groups in total. The van der Waals surface area contributed by atoms with E-state index in [4.69, 9.17) is 5.73 Å². The van der Waals surface area contributed by atoms with Gasteiger partial charge in [0.1, 0.15) is 0 Å². The topological polar surface area (TPSA) is 32.5 Å². The molecule has 1 heterocycles. The van der Waals surface area contributed by atoms with Crippen LogP contribution in [-0.2, 0) is 0 Å². The van der Waals surface area contributed by atoms with Gasteiger partial charge < -0.3 is 10.6 Å². The Hall–Kier alpha value is -0.120. The van der Waals surface area contributed by atoms with Crippen LogP contribution in [0.25, 0.3) is 0 Å². The summed E-state index contributed by atoms with van der Waals surface area (Å²) in [7, 11) is 4.34. The highest BCUT2D eigenvalue weighted by atomic mass is 15.3. The molecular weight excluding hydrogens is 174 g/mol. The Kier molecular flexibility index (Phi) is 2.82. The molecule has 0 spiro atoms.